The Bertz CT molecular complexity index is 365. The molecule has 0 saturated heterocycles. The maximum Gasteiger partial charge on any atom is 0.150 e. The highest BCUT2D eigenvalue weighted by Crippen LogP contribution is 2.17. The van der Waals surface area contributed by atoms with Gasteiger partial charge in [-0.05, 0) is 17.9 Å². The highest BCUT2D eigenvalue weighted by atomic mass is 19.1. The number of halogens is 1. The molecule has 0 bridgehead atoms. The lowest BCUT2D eigenvalue weighted by molar-refractivity contribution is 0.209. The summed E-state index contributed by atoms with van der Waals surface area (Å²) < 4.78 is 13.9. The first-order valence-electron chi connectivity index (χ1n) is 6.65. The third-order valence-corrected chi connectivity index (χ3v) is 2.75. The minimum atomic E-state index is -0.269. The number of nitrogen functional groups attached to an aromatic ring is 1. The Hall–Kier alpha value is -1.09. The summed E-state index contributed by atoms with van der Waals surface area (Å²) in [7, 11) is 0. The predicted molar refractivity (Wildman–Crippen MR) is 75.8 cm³/mol. The standard InChI is InChI=1S/C15H25FN2/c1-11(2)8-18(9-12(3)4)10-13-6-5-7-14(17)15(13)16/h5-7,11-12H,8-10,17H2,1-4H3. The van der Waals surface area contributed by atoms with Gasteiger partial charge in [0.1, 0.15) is 0 Å². The molecule has 1 rings (SSSR count). The molecule has 102 valence electrons. The van der Waals surface area contributed by atoms with Crippen LogP contribution in [0.4, 0.5) is 10.1 Å². The monoisotopic (exact) mass is 252 g/mol. The second-order valence-electron chi connectivity index (χ2n) is 5.80. The van der Waals surface area contributed by atoms with Crippen LogP contribution in [-0.2, 0) is 6.54 Å². The zero-order valence-corrected chi connectivity index (χ0v) is 11.9. The number of hydrogen-bond donors (Lipinski definition) is 1. The van der Waals surface area contributed by atoms with Crippen LogP contribution in [0.1, 0.15) is 33.3 Å². The quantitative estimate of drug-likeness (QED) is 0.785. The van der Waals surface area contributed by atoms with Crippen molar-refractivity contribution in [2.45, 2.75) is 34.2 Å². The van der Waals surface area contributed by atoms with Gasteiger partial charge in [-0.25, -0.2) is 4.39 Å². The molecule has 0 unspecified atom stereocenters. The van der Waals surface area contributed by atoms with Gasteiger partial charge in [0.2, 0.25) is 0 Å². The Labute approximate surface area is 110 Å². The molecule has 0 atom stereocenters. The van der Waals surface area contributed by atoms with Crippen LogP contribution in [-0.4, -0.2) is 18.0 Å². The van der Waals surface area contributed by atoms with E-state index in [2.05, 4.69) is 32.6 Å². The highest BCUT2D eigenvalue weighted by Gasteiger charge is 2.13. The summed E-state index contributed by atoms with van der Waals surface area (Å²) in [5.74, 6) is 0.885. The Morgan fingerprint density at radius 1 is 1.11 bits per heavy atom. The molecule has 0 radical (unpaired) electrons. The molecule has 0 heterocycles. The van der Waals surface area contributed by atoms with Crippen molar-refractivity contribution >= 4 is 5.69 Å². The summed E-state index contributed by atoms with van der Waals surface area (Å²) >= 11 is 0. The fraction of sp³-hybridized carbons (Fsp3) is 0.600. The SMILES string of the molecule is CC(C)CN(Cc1cccc(N)c1F)CC(C)C. The zero-order valence-electron chi connectivity index (χ0n) is 11.9. The van der Waals surface area contributed by atoms with E-state index in [0.29, 0.717) is 23.9 Å². The average Bonchev–Trinajstić information content (AvgIpc) is 2.23. The number of hydrogen-bond acceptors (Lipinski definition) is 2. The van der Waals surface area contributed by atoms with E-state index in [1.54, 1.807) is 6.07 Å². The number of nitrogens with zero attached hydrogens (tertiary/aromatic N) is 1. The summed E-state index contributed by atoms with van der Waals surface area (Å²) in [4.78, 5) is 2.30. The van der Waals surface area contributed by atoms with E-state index in [0.717, 1.165) is 13.1 Å². The molecule has 0 aliphatic rings. The van der Waals surface area contributed by atoms with E-state index < -0.39 is 0 Å². The van der Waals surface area contributed by atoms with Crippen LogP contribution in [0.25, 0.3) is 0 Å². The second kappa shape index (κ2) is 6.74. The zero-order chi connectivity index (χ0) is 13.7. The van der Waals surface area contributed by atoms with Gasteiger partial charge >= 0.3 is 0 Å². The first-order chi connectivity index (χ1) is 8.40. The molecule has 18 heavy (non-hydrogen) atoms. The van der Waals surface area contributed by atoms with E-state index in [1.807, 2.05) is 12.1 Å². The van der Waals surface area contributed by atoms with Gasteiger partial charge in [-0.3, -0.25) is 4.90 Å². The third-order valence-electron chi connectivity index (χ3n) is 2.75. The molecule has 0 aromatic heterocycles. The van der Waals surface area contributed by atoms with Gasteiger partial charge in [0, 0.05) is 25.2 Å². The molecule has 3 heteroatoms. The van der Waals surface area contributed by atoms with Crippen LogP contribution in [0.15, 0.2) is 18.2 Å². The Balaban J connectivity index is 2.78. The first-order valence-corrected chi connectivity index (χ1v) is 6.65. The summed E-state index contributed by atoms with van der Waals surface area (Å²) in [5.41, 5.74) is 6.53. The van der Waals surface area contributed by atoms with Gasteiger partial charge in [0.25, 0.3) is 0 Å². The lowest BCUT2D eigenvalue weighted by atomic mass is 10.1. The number of anilines is 1. The van der Waals surface area contributed by atoms with Gasteiger partial charge < -0.3 is 5.73 Å². The lowest BCUT2D eigenvalue weighted by Crippen LogP contribution is -2.31. The highest BCUT2D eigenvalue weighted by molar-refractivity contribution is 5.42. The van der Waals surface area contributed by atoms with Crippen LogP contribution in [0.2, 0.25) is 0 Å². The second-order valence-corrected chi connectivity index (χ2v) is 5.80. The normalized spacial score (nSPS) is 11.8. The van der Waals surface area contributed by atoms with Crippen molar-refractivity contribution in [3.05, 3.63) is 29.6 Å². The summed E-state index contributed by atoms with van der Waals surface area (Å²) in [6, 6.07) is 5.24. The van der Waals surface area contributed by atoms with E-state index in [9.17, 15) is 4.39 Å². The van der Waals surface area contributed by atoms with Crippen molar-refractivity contribution in [1.29, 1.82) is 0 Å². The molecule has 2 N–H and O–H groups in total. The Morgan fingerprint density at radius 2 is 1.67 bits per heavy atom. The molecule has 0 spiro atoms. The average molecular weight is 252 g/mol. The van der Waals surface area contributed by atoms with E-state index in [-0.39, 0.29) is 11.5 Å². The van der Waals surface area contributed by atoms with Crippen molar-refractivity contribution in [3.63, 3.8) is 0 Å². The van der Waals surface area contributed by atoms with Crippen molar-refractivity contribution in [1.82, 2.24) is 4.90 Å². The molecular weight excluding hydrogens is 227 g/mol. The molecule has 0 fully saturated rings. The summed E-state index contributed by atoms with van der Waals surface area (Å²) in [5, 5.41) is 0. The summed E-state index contributed by atoms with van der Waals surface area (Å²) in [6.07, 6.45) is 0. The smallest absolute Gasteiger partial charge is 0.150 e. The Morgan fingerprint density at radius 3 is 2.17 bits per heavy atom. The molecule has 0 saturated carbocycles. The number of rotatable bonds is 6. The van der Waals surface area contributed by atoms with Gasteiger partial charge in [-0.1, -0.05) is 39.8 Å². The molecule has 1 aromatic carbocycles. The van der Waals surface area contributed by atoms with Crippen molar-refractivity contribution in [2.75, 3.05) is 18.8 Å². The molecular formula is C15H25FN2. The molecule has 2 nitrogen and oxygen atoms in total. The van der Waals surface area contributed by atoms with Gasteiger partial charge in [-0.15, -0.1) is 0 Å². The predicted octanol–water partition coefficient (Wildman–Crippen LogP) is 3.52. The van der Waals surface area contributed by atoms with Crippen molar-refractivity contribution in [2.24, 2.45) is 11.8 Å². The lowest BCUT2D eigenvalue weighted by Gasteiger charge is -2.26. The number of benzene rings is 1. The molecule has 0 aliphatic carbocycles. The van der Waals surface area contributed by atoms with Crippen molar-refractivity contribution < 1.29 is 4.39 Å². The van der Waals surface area contributed by atoms with E-state index >= 15 is 0 Å². The largest absolute Gasteiger partial charge is 0.396 e. The van der Waals surface area contributed by atoms with Crippen LogP contribution in [0.5, 0.6) is 0 Å². The third kappa shape index (κ3) is 4.65. The van der Waals surface area contributed by atoms with Crippen LogP contribution >= 0.6 is 0 Å². The molecule has 0 amide bonds. The van der Waals surface area contributed by atoms with Crippen LogP contribution < -0.4 is 5.73 Å². The minimum Gasteiger partial charge on any atom is -0.396 e. The fourth-order valence-electron chi connectivity index (χ4n) is 2.20. The van der Waals surface area contributed by atoms with Crippen LogP contribution in [0, 0.1) is 17.7 Å². The topological polar surface area (TPSA) is 29.3 Å². The maximum absolute atomic E-state index is 13.9. The van der Waals surface area contributed by atoms with Gasteiger partial charge in [0.15, 0.2) is 5.82 Å². The Kier molecular flexibility index (Phi) is 5.60. The number of nitrogens with two attached hydrogens (primary N) is 1. The van der Waals surface area contributed by atoms with Gasteiger partial charge in [-0.2, -0.15) is 0 Å². The van der Waals surface area contributed by atoms with E-state index in [4.69, 9.17) is 5.73 Å². The van der Waals surface area contributed by atoms with Gasteiger partial charge in [0.05, 0.1) is 5.69 Å². The van der Waals surface area contributed by atoms with Crippen LogP contribution in [0.3, 0.4) is 0 Å². The minimum absolute atomic E-state index is 0.238. The van der Waals surface area contributed by atoms with E-state index in [1.165, 1.54) is 0 Å². The molecule has 0 aliphatic heterocycles. The fourth-order valence-corrected chi connectivity index (χ4v) is 2.20. The summed E-state index contributed by atoms with van der Waals surface area (Å²) in [6.45, 7) is 11.3. The maximum atomic E-state index is 13.9. The van der Waals surface area contributed by atoms with Crippen molar-refractivity contribution in [3.8, 4) is 0 Å². The first kappa shape index (κ1) is 15.0. The molecule has 1 aromatic rings.